The van der Waals surface area contributed by atoms with E-state index in [4.69, 9.17) is 4.42 Å². The highest BCUT2D eigenvalue weighted by atomic mass is 16.4. The molecule has 128 valence electrons. The Balaban J connectivity index is 1.62. The van der Waals surface area contributed by atoms with Crippen molar-refractivity contribution in [2.75, 3.05) is 27.2 Å². The van der Waals surface area contributed by atoms with Crippen LogP contribution in [-0.4, -0.2) is 47.9 Å². The number of likely N-dealkylation sites (tertiary alicyclic amines) is 1. The maximum absolute atomic E-state index is 12.1. The van der Waals surface area contributed by atoms with Gasteiger partial charge in [-0.3, -0.25) is 9.69 Å². The fraction of sp³-hybridized carbons (Fsp3) is 0.474. The summed E-state index contributed by atoms with van der Waals surface area (Å²) in [7, 11) is 3.66. The van der Waals surface area contributed by atoms with E-state index in [0.717, 1.165) is 49.5 Å². The Kier molecular flexibility index (Phi) is 5.00. The summed E-state index contributed by atoms with van der Waals surface area (Å²) in [6, 6.07) is 9.97. The number of nitrogens with zero attached hydrogens (tertiary/aromatic N) is 3. The summed E-state index contributed by atoms with van der Waals surface area (Å²) in [5, 5.41) is 0. The number of carbonyl (C=O) groups is 1. The predicted molar refractivity (Wildman–Crippen MR) is 93.4 cm³/mol. The lowest BCUT2D eigenvalue weighted by Gasteiger charge is -2.31. The Morgan fingerprint density at radius 2 is 1.92 bits per heavy atom. The van der Waals surface area contributed by atoms with Gasteiger partial charge in [0.25, 0.3) is 0 Å². The quantitative estimate of drug-likeness (QED) is 0.866. The van der Waals surface area contributed by atoms with Crippen LogP contribution in [-0.2, 0) is 11.3 Å². The van der Waals surface area contributed by atoms with E-state index in [1.807, 2.05) is 51.4 Å². The Bertz CT molecular complexity index is 686. The summed E-state index contributed by atoms with van der Waals surface area (Å²) < 4.78 is 5.83. The summed E-state index contributed by atoms with van der Waals surface area (Å²) in [5.74, 6) is 1.97. The van der Waals surface area contributed by atoms with Crippen molar-refractivity contribution in [3.8, 4) is 11.5 Å². The molecule has 1 aliphatic rings. The first-order valence-corrected chi connectivity index (χ1v) is 8.50. The molecule has 5 heteroatoms. The Morgan fingerprint density at radius 3 is 2.54 bits per heavy atom. The number of amides is 1. The minimum absolute atomic E-state index is 0.162. The zero-order valence-corrected chi connectivity index (χ0v) is 14.7. The van der Waals surface area contributed by atoms with Crippen LogP contribution in [0.1, 0.15) is 24.3 Å². The third kappa shape index (κ3) is 3.67. The zero-order chi connectivity index (χ0) is 17.1. The van der Waals surface area contributed by atoms with E-state index >= 15 is 0 Å². The molecule has 1 aromatic carbocycles. The first-order chi connectivity index (χ1) is 11.5. The van der Waals surface area contributed by atoms with Crippen molar-refractivity contribution in [1.82, 2.24) is 14.8 Å². The Hall–Kier alpha value is -2.14. The largest absolute Gasteiger partial charge is 0.441 e. The van der Waals surface area contributed by atoms with Crippen molar-refractivity contribution < 1.29 is 9.21 Å². The molecule has 2 heterocycles. The molecular weight excluding hydrogens is 302 g/mol. The van der Waals surface area contributed by atoms with Crippen molar-refractivity contribution in [2.24, 2.45) is 5.92 Å². The smallest absolute Gasteiger partial charge is 0.226 e. The van der Waals surface area contributed by atoms with Crippen LogP contribution in [0.15, 0.2) is 34.7 Å². The van der Waals surface area contributed by atoms with E-state index in [-0.39, 0.29) is 11.8 Å². The molecule has 0 radical (unpaired) electrons. The second kappa shape index (κ2) is 7.18. The van der Waals surface area contributed by atoms with Crippen LogP contribution in [0.25, 0.3) is 11.5 Å². The third-order valence-electron chi connectivity index (χ3n) is 4.66. The number of piperidine rings is 1. The summed E-state index contributed by atoms with van der Waals surface area (Å²) in [4.78, 5) is 20.8. The molecule has 1 fully saturated rings. The number of aryl methyl sites for hydroxylation is 1. The molecule has 24 heavy (non-hydrogen) atoms. The summed E-state index contributed by atoms with van der Waals surface area (Å²) in [6.07, 6.45) is 1.83. The first-order valence-electron chi connectivity index (χ1n) is 8.50. The minimum Gasteiger partial charge on any atom is -0.441 e. The van der Waals surface area contributed by atoms with Crippen molar-refractivity contribution >= 4 is 5.91 Å². The van der Waals surface area contributed by atoms with Crippen molar-refractivity contribution in [3.05, 3.63) is 41.8 Å². The second-order valence-corrected chi connectivity index (χ2v) is 6.67. The van der Waals surface area contributed by atoms with Gasteiger partial charge in [-0.15, -0.1) is 0 Å². The van der Waals surface area contributed by atoms with Gasteiger partial charge in [0.05, 0.1) is 5.69 Å². The van der Waals surface area contributed by atoms with Gasteiger partial charge in [-0.25, -0.2) is 4.98 Å². The minimum atomic E-state index is 0.162. The van der Waals surface area contributed by atoms with Crippen molar-refractivity contribution in [1.29, 1.82) is 0 Å². The Labute approximate surface area is 143 Å². The van der Waals surface area contributed by atoms with Crippen LogP contribution < -0.4 is 0 Å². The summed E-state index contributed by atoms with van der Waals surface area (Å²) >= 11 is 0. The monoisotopic (exact) mass is 327 g/mol. The molecule has 0 bridgehead atoms. The van der Waals surface area contributed by atoms with E-state index in [1.54, 1.807) is 4.90 Å². The lowest BCUT2D eigenvalue weighted by molar-refractivity contribution is -0.134. The molecule has 0 N–H and O–H groups in total. The molecule has 1 amide bonds. The van der Waals surface area contributed by atoms with Crippen LogP contribution in [0.3, 0.4) is 0 Å². The highest BCUT2D eigenvalue weighted by molar-refractivity contribution is 5.78. The van der Waals surface area contributed by atoms with Gasteiger partial charge in [-0.1, -0.05) is 18.2 Å². The molecule has 1 aromatic heterocycles. The Morgan fingerprint density at radius 1 is 1.25 bits per heavy atom. The van der Waals surface area contributed by atoms with Gasteiger partial charge in [0.2, 0.25) is 11.8 Å². The first kappa shape index (κ1) is 16.7. The fourth-order valence-corrected chi connectivity index (χ4v) is 3.19. The molecule has 0 saturated carbocycles. The summed E-state index contributed by atoms with van der Waals surface area (Å²) in [6.45, 7) is 4.61. The van der Waals surface area contributed by atoms with E-state index in [0.29, 0.717) is 5.89 Å². The van der Waals surface area contributed by atoms with Crippen LogP contribution in [0, 0.1) is 12.8 Å². The lowest BCUT2D eigenvalue weighted by atomic mass is 9.95. The second-order valence-electron chi connectivity index (χ2n) is 6.67. The third-order valence-corrected chi connectivity index (χ3v) is 4.66. The fourth-order valence-electron chi connectivity index (χ4n) is 3.19. The van der Waals surface area contributed by atoms with Crippen molar-refractivity contribution in [2.45, 2.75) is 26.3 Å². The normalized spacial score (nSPS) is 16.3. The number of oxazole rings is 1. The van der Waals surface area contributed by atoms with E-state index in [1.165, 1.54) is 0 Å². The van der Waals surface area contributed by atoms with E-state index < -0.39 is 0 Å². The lowest BCUT2D eigenvalue weighted by Crippen LogP contribution is -2.39. The van der Waals surface area contributed by atoms with Gasteiger partial charge >= 0.3 is 0 Å². The van der Waals surface area contributed by atoms with Gasteiger partial charge in [0.15, 0.2) is 0 Å². The molecule has 2 aromatic rings. The number of hydrogen-bond acceptors (Lipinski definition) is 4. The SMILES string of the molecule is Cc1oc(-c2ccccc2)nc1CN1CCC(C(=O)N(C)C)CC1. The molecule has 3 rings (SSSR count). The van der Waals surface area contributed by atoms with Gasteiger partial charge in [-0.05, 0) is 45.0 Å². The topological polar surface area (TPSA) is 49.6 Å². The van der Waals surface area contributed by atoms with Gasteiger partial charge in [-0.2, -0.15) is 0 Å². The average molecular weight is 327 g/mol. The summed E-state index contributed by atoms with van der Waals surface area (Å²) in [5.41, 5.74) is 1.99. The number of hydrogen-bond donors (Lipinski definition) is 0. The van der Waals surface area contributed by atoms with Gasteiger partial charge < -0.3 is 9.32 Å². The molecular formula is C19H25N3O2. The molecule has 5 nitrogen and oxygen atoms in total. The highest BCUT2D eigenvalue weighted by Crippen LogP contribution is 2.24. The number of aromatic nitrogens is 1. The standard InChI is InChI=1S/C19H25N3O2/c1-14-17(20-18(24-14)15-7-5-4-6-8-15)13-22-11-9-16(10-12-22)19(23)21(2)3/h4-8,16H,9-13H2,1-3H3. The van der Waals surface area contributed by atoms with E-state index in [9.17, 15) is 4.79 Å². The zero-order valence-electron chi connectivity index (χ0n) is 14.7. The predicted octanol–water partition coefficient (Wildman–Crippen LogP) is 2.95. The number of rotatable bonds is 4. The molecule has 0 atom stereocenters. The van der Waals surface area contributed by atoms with E-state index in [2.05, 4.69) is 9.88 Å². The maximum atomic E-state index is 12.1. The highest BCUT2D eigenvalue weighted by Gasteiger charge is 2.26. The molecule has 0 spiro atoms. The number of carbonyl (C=O) groups excluding carboxylic acids is 1. The molecule has 1 saturated heterocycles. The van der Waals surface area contributed by atoms with Crippen molar-refractivity contribution in [3.63, 3.8) is 0 Å². The van der Waals surface area contributed by atoms with Crippen LogP contribution in [0.4, 0.5) is 0 Å². The van der Waals surface area contributed by atoms with Gasteiger partial charge in [0.1, 0.15) is 5.76 Å². The molecule has 0 unspecified atom stereocenters. The average Bonchev–Trinajstić information content (AvgIpc) is 2.96. The van der Waals surface area contributed by atoms with Crippen LogP contribution >= 0.6 is 0 Å². The maximum Gasteiger partial charge on any atom is 0.226 e. The number of benzene rings is 1. The van der Waals surface area contributed by atoms with Crippen LogP contribution in [0.2, 0.25) is 0 Å². The van der Waals surface area contributed by atoms with Crippen LogP contribution in [0.5, 0.6) is 0 Å². The molecule has 1 aliphatic heterocycles. The van der Waals surface area contributed by atoms with Gasteiger partial charge in [0, 0.05) is 32.1 Å². The molecule has 0 aliphatic carbocycles.